The van der Waals surface area contributed by atoms with E-state index in [4.69, 9.17) is 21.1 Å². The van der Waals surface area contributed by atoms with E-state index < -0.39 is 23.6 Å². The van der Waals surface area contributed by atoms with Crippen LogP contribution in [0.3, 0.4) is 0 Å². The summed E-state index contributed by atoms with van der Waals surface area (Å²) in [7, 11) is 0. The number of carbonyl (C=O) groups excluding carboxylic acids is 1. The Balaban J connectivity index is 3.06. The van der Waals surface area contributed by atoms with E-state index in [1.54, 1.807) is 13.8 Å². The van der Waals surface area contributed by atoms with Crippen molar-refractivity contribution in [2.45, 2.75) is 46.3 Å². The highest BCUT2D eigenvalue weighted by molar-refractivity contribution is 14.1. The fraction of sp³-hybridized carbons (Fsp3) is 0.533. The maximum atomic E-state index is 13.9. The average molecular weight is 444 g/mol. The van der Waals surface area contributed by atoms with Gasteiger partial charge >= 0.3 is 6.09 Å². The molecule has 0 aliphatic heterocycles. The van der Waals surface area contributed by atoms with Crippen LogP contribution in [0.15, 0.2) is 6.07 Å². The van der Waals surface area contributed by atoms with Gasteiger partial charge in [0.05, 0.1) is 15.2 Å². The van der Waals surface area contributed by atoms with Crippen molar-refractivity contribution in [1.82, 2.24) is 5.32 Å². The zero-order valence-electron chi connectivity index (χ0n) is 13.2. The van der Waals surface area contributed by atoms with Gasteiger partial charge in [0, 0.05) is 11.1 Å². The van der Waals surface area contributed by atoms with E-state index in [-0.39, 0.29) is 8.59 Å². The van der Waals surface area contributed by atoms with Crippen LogP contribution in [0.2, 0.25) is 5.02 Å². The van der Waals surface area contributed by atoms with E-state index >= 15 is 0 Å². The molecule has 0 aromatic heterocycles. The molecule has 1 rings (SSSR count). The third kappa shape index (κ3) is 5.15. The van der Waals surface area contributed by atoms with Crippen LogP contribution in [0.5, 0.6) is 5.75 Å². The van der Waals surface area contributed by atoms with Crippen molar-refractivity contribution in [3.8, 4) is 5.75 Å². The number of rotatable bonds is 4. The lowest BCUT2D eigenvalue weighted by atomic mass is 10.1. The Bertz CT molecular complexity index is 561. The molecular weight excluding hydrogens is 424 g/mol. The molecule has 1 N–H and O–H groups in total. The van der Waals surface area contributed by atoms with Crippen molar-refractivity contribution < 1.29 is 18.7 Å². The summed E-state index contributed by atoms with van der Waals surface area (Å²) in [5, 5.41) is 2.67. The van der Waals surface area contributed by atoms with Gasteiger partial charge < -0.3 is 14.8 Å². The summed E-state index contributed by atoms with van der Waals surface area (Å²) in [6.45, 7) is 9.40. The summed E-state index contributed by atoms with van der Waals surface area (Å²) in [6.07, 6.45) is -1.19. The minimum atomic E-state index is -0.629. The van der Waals surface area contributed by atoms with Crippen LogP contribution in [0.25, 0.3) is 0 Å². The first-order valence-corrected chi connectivity index (χ1v) is 8.31. The van der Waals surface area contributed by atoms with Gasteiger partial charge in [0.1, 0.15) is 11.9 Å². The number of benzene rings is 1. The Hall–Kier alpha value is -0.760. The van der Waals surface area contributed by atoms with Gasteiger partial charge in [0.2, 0.25) is 0 Å². The van der Waals surface area contributed by atoms with Crippen molar-refractivity contribution in [1.29, 1.82) is 0 Å². The van der Waals surface area contributed by atoms with E-state index in [0.29, 0.717) is 17.9 Å². The summed E-state index contributed by atoms with van der Waals surface area (Å²) < 4.78 is 25.0. The molecule has 124 valence electrons. The molecule has 0 aliphatic rings. The molecule has 0 spiro atoms. The number of halogens is 3. The van der Waals surface area contributed by atoms with E-state index in [1.165, 1.54) is 6.07 Å². The minimum absolute atomic E-state index is 0.0328. The number of hydrogen-bond acceptors (Lipinski definition) is 3. The SMILES string of the molecule is CCOc1c(C(C)OC(=O)NC(C)(C)C)cc(Cl)c(F)c1I. The average Bonchev–Trinajstić information content (AvgIpc) is 2.36. The molecule has 1 aromatic carbocycles. The van der Waals surface area contributed by atoms with Crippen LogP contribution in [0.4, 0.5) is 9.18 Å². The zero-order chi connectivity index (χ0) is 17.1. The van der Waals surface area contributed by atoms with E-state index in [1.807, 2.05) is 43.4 Å². The van der Waals surface area contributed by atoms with Crippen molar-refractivity contribution >= 4 is 40.3 Å². The van der Waals surface area contributed by atoms with Gasteiger partial charge in [0.25, 0.3) is 0 Å². The molecule has 0 fully saturated rings. The maximum Gasteiger partial charge on any atom is 0.408 e. The molecule has 1 unspecified atom stereocenters. The number of ether oxygens (including phenoxy) is 2. The number of alkyl carbamates (subject to hydrolysis) is 1. The second-order valence-corrected chi connectivity index (χ2v) is 7.25. The van der Waals surface area contributed by atoms with Gasteiger partial charge in [-0.05, 0) is 63.3 Å². The number of amides is 1. The van der Waals surface area contributed by atoms with Gasteiger partial charge in [-0.25, -0.2) is 9.18 Å². The third-order valence-electron chi connectivity index (χ3n) is 2.63. The van der Waals surface area contributed by atoms with Gasteiger partial charge in [0.15, 0.2) is 5.82 Å². The predicted molar refractivity (Wildman–Crippen MR) is 93.1 cm³/mol. The topological polar surface area (TPSA) is 47.6 Å². The second-order valence-electron chi connectivity index (χ2n) is 5.76. The monoisotopic (exact) mass is 443 g/mol. The van der Waals surface area contributed by atoms with Gasteiger partial charge in [-0.1, -0.05) is 11.6 Å². The Morgan fingerprint density at radius 2 is 2.09 bits per heavy atom. The first kappa shape index (κ1) is 19.3. The molecule has 0 bridgehead atoms. The largest absolute Gasteiger partial charge is 0.492 e. The summed E-state index contributed by atoms with van der Waals surface area (Å²) in [5.41, 5.74) is 0.121. The van der Waals surface area contributed by atoms with Gasteiger partial charge in [-0.3, -0.25) is 0 Å². The molecule has 4 nitrogen and oxygen atoms in total. The second kappa shape index (κ2) is 7.68. The zero-order valence-corrected chi connectivity index (χ0v) is 16.1. The quantitative estimate of drug-likeness (QED) is 0.522. The Labute approximate surface area is 148 Å². The first-order chi connectivity index (χ1) is 10.1. The normalized spacial score (nSPS) is 12.7. The van der Waals surface area contributed by atoms with E-state index in [0.717, 1.165) is 0 Å². The Kier molecular flexibility index (Phi) is 6.73. The highest BCUT2D eigenvalue weighted by Crippen LogP contribution is 2.37. The van der Waals surface area contributed by atoms with Crippen molar-refractivity contribution in [2.75, 3.05) is 6.61 Å². The molecule has 0 radical (unpaired) electrons. The van der Waals surface area contributed by atoms with Crippen LogP contribution >= 0.6 is 34.2 Å². The molecule has 22 heavy (non-hydrogen) atoms. The summed E-state index contributed by atoms with van der Waals surface area (Å²) >= 11 is 7.72. The molecule has 0 aliphatic carbocycles. The Morgan fingerprint density at radius 3 is 2.59 bits per heavy atom. The number of nitrogens with one attached hydrogen (secondary N) is 1. The lowest BCUT2D eigenvalue weighted by Gasteiger charge is -2.23. The van der Waals surface area contributed by atoms with Crippen LogP contribution in [-0.4, -0.2) is 18.2 Å². The van der Waals surface area contributed by atoms with Crippen LogP contribution < -0.4 is 10.1 Å². The first-order valence-electron chi connectivity index (χ1n) is 6.85. The fourth-order valence-electron chi connectivity index (χ4n) is 1.75. The summed E-state index contributed by atoms with van der Waals surface area (Å²) in [6, 6.07) is 1.43. The van der Waals surface area contributed by atoms with Gasteiger partial charge in [-0.2, -0.15) is 0 Å². The Morgan fingerprint density at radius 1 is 1.50 bits per heavy atom. The maximum absolute atomic E-state index is 13.9. The smallest absolute Gasteiger partial charge is 0.408 e. The minimum Gasteiger partial charge on any atom is -0.492 e. The van der Waals surface area contributed by atoms with Crippen LogP contribution in [-0.2, 0) is 4.74 Å². The third-order valence-corrected chi connectivity index (χ3v) is 3.87. The van der Waals surface area contributed by atoms with Crippen LogP contribution in [0.1, 0.15) is 46.3 Å². The molecule has 1 amide bonds. The van der Waals surface area contributed by atoms with Crippen LogP contribution in [0, 0.1) is 9.39 Å². The highest BCUT2D eigenvalue weighted by Gasteiger charge is 2.24. The molecule has 1 atom stereocenters. The van der Waals surface area contributed by atoms with Crippen molar-refractivity contribution in [2.24, 2.45) is 0 Å². The molecule has 7 heteroatoms. The molecule has 0 saturated heterocycles. The van der Waals surface area contributed by atoms with E-state index in [2.05, 4.69) is 5.32 Å². The molecular formula is C15H20ClFINO3. The lowest BCUT2D eigenvalue weighted by Crippen LogP contribution is -2.41. The standard InChI is InChI=1S/C15H20ClFINO3/c1-6-21-13-9(7-10(16)11(17)12(13)18)8(2)22-14(20)19-15(3,4)5/h7-8H,6H2,1-5H3,(H,19,20). The molecule has 1 aromatic rings. The predicted octanol–water partition coefficient (Wildman–Crippen LogP) is 5.07. The lowest BCUT2D eigenvalue weighted by molar-refractivity contribution is 0.0983. The highest BCUT2D eigenvalue weighted by atomic mass is 127. The molecule has 0 heterocycles. The van der Waals surface area contributed by atoms with Crippen molar-refractivity contribution in [3.05, 3.63) is 26.0 Å². The number of hydrogen-bond donors (Lipinski definition) is 1. The van der Waals surface area contributed by atoms with Crippen molar-refractivity contribution in [3.63, 3.8) is 0 Å². The summed E-state index contributed by atoms with van der Waals surface area (Å²) in [5.74, 6) is -0.193. The fourth-order valence-corrected chi connectivity index (χ4v) is 2.88. The van der Waals surface area contributed by atoms with Gasteiger partial charge in [-0.15, -0.1) is 0 Å². The molecule has 0 saturated carbocycles. The van der Waals surface area contributed by atoms with E-state index in [9.17, 15) is 9.18 Å². The number of carbonyl (C=O) groups is 1. The summed E-state index contributed by atoms with van der Waals surface area (Å²) in [4.78, 5) is 11.9.